The molecule has 2 aliphatic rings. The van der Waals surface area contributed by atoms with E-state index in [1.54, 1.807) is 0 Å². The van der Waals surface area contributed by atoms with Crippen LogP contribution in [-0.4, -0.2) is 30.2 Å². The lowest BCUT2D eigenvalue weighted by molar-refractivity contribution is 0.0500. The number of guanidine groups is 1. The van der Waals surface area contributed by atoms with E-state index >= 15 is 0 Å². The number of carbonyl (C=O) groups is 1. The molecule has 142 valence electrons. The number of carbonyl (C=O) groups excluding carboxylic acids is 1. The van der Waals surface area contributed by atoms with Crippen molar-refractivity contribution in [1.29, 1.82) is 0 Å². The number of aryl methyl sites for hydroxylation is 2. The Morgan fingerprint density at radius 1 is 1.31 bits per heavy atom. The molecule has 2 aliphatic carbocycles. The van der Waals surface area contributed by atoms with E-state index in [-0.39, 0.29) is 6.04 Å². The molecule has 6 nitrogen and oxygen atoms in total. The number of alkyl carbamates (subject to hydrolysis) is 1. The third-order valence-corrected chi connectivity index (χ3v) is 4.72. The Hall–Kier alpha value is -2.24. The summed E-state index contributed by atoms with van der Waals surface area (Å²) in [6.45, 7) is 6.02. The van der Waals surface area contributed by atoms with Crippen molar-refractivity contribution in [3.05, 3.63) is 29.3 Å². The van der Waals surface area contributed by atoms with E-state index < -0.39 is 11.7 Å². The van der Waals surface area contributed by atoms with Crippen molar-refractivity contribution in [2.45, 2.75) is 64.5 Å². The molecular weight excluding hydrogens is 328 g/mol. The van der Waals surface area contributed by atoms with E-state index in [1.165, 1.54) is 24.0 Å². The summed E-state index contributed by atoms with van der Waals surface area (Å²) < 4.78 is 5.35. The normalized spacial score (nSPS) is 18.2. The van der Waals surface area contributed by atoms with Crippen LogP contribution in [0.2, 0.25) is 0 Å². The molecular formula is C20H30N4O2. The van der Waals surface area contributed by atoms with Gasteiger partial charge in [0.25, 0.3) is 0 Å². The molecule has 0 heterocycles. The highest BCUT2D eigenvalue weighted by atomic mass is 16.6. The smallest absolute Gasteiger partial charge is 0.407 e. The van der Waals surface area contributed by atoms with Crippen LogP contribution in [0, 0.1) is 5.92 Å². The second kappa shape index (κ2) is 7.56. The lowest BCUT2D eigenvalue weighted by atomic mass is 10.1. The maximum absolute atomic E-state index is 12.0. The van der Waals surface area contributed by atoms with Gasteiger partial charge >= 0.3 is 6.09 Å². The van der Waals surface area contributed by atoms with E-state index in [2.05, 4.69) is 27.8 Å². The molecule has 4 N–H and O–H groups in total. The summed E-state index contributed by atoms with van der Waals surface area (Å²) >= 11 is 0. The minimum atomic E-state index is -0.504. The van der Waals surface area contributed by atoms with Gasteiger partial charge in [0.2, 0.25) is 0 Å². The van der Waals surface area contributed by atoms with Gasteiger partial charge in [-0.15, -0.1) is 0 Å². The number of aliphatic imine (C=N–C) groups is 1. The number of ether oxygens (including phenoxy) is 1. The van der Waals surface area contributed by atoms with Crippen molar-refractivity contribution in [3.8, 4) is 0 Å². The fourth-order valence-corrected chi connectivity index (χ4v) is 3.30. The molecule has 3 rings (SSSR count). The Balaban J connectivity index is 1.55. The van der Waals surface area contributed by atoms with Crippen molar-refractivity contribution < 1.29 is 9.53 Å². The third kappa shape index (κ3) is 5.38. The predicted molar refractivity (Wildman–Crippen MR) is 104 cm³/mol. The molecule has 1 amide bonds. The predicted octanol–water partition coefficient (Wildman–Crippen LogP) is 3.21. The monoisotopic (exact) mass is 358 g/mol. The second-order valence-electron chi connectivity index (χ2n) is 8.28. The van der Waals surface area contributed by atoms with Gasteiger partial charge in [-0.1, -0.05) is 6.07 Å². The first-order valence-electron chi connectivity index (χ1n) is 9.48. The number of fused-ring (bicyclic) bond motifs is 1. The van der Waals surface area contributed by atoms with Gasteiger partial charge in [0.05, 0.1) is 12.6 Å². The van der Waals surface area contributed by atoms with Crippen LogP contribution in [0.1, 0.15) is 51.2 Å². The van der Waals surface area contributed by atoms with Crippen LogP contribution < -0.4 is 16.4 Å². The van der Waals surface area contributed by atoms with Crippen LogP contribution in [0.5, 0.6) is 0 Å². The van der Waals surface area contributed by atoms with Gasteiger partial charge in [0, 0.05) is 5.69 Å². The lowest BCUT2D eigenvalue weighted by Crippen LogP contribution is -2.42. The number of nitrogens with one attached hydrogen (secondary N) is 2. The summed E-state index contributed by atoms with van der Waals surface area (Å²) in [7, 11) is 0. The van der Waals surface area contributed by atoms with Gasteiger partial charge in [-0.2, -0.15) is 0 Å². The van der Waals surface area contributed by atoms with Gasteiger partial charge in [-0.3, -0.25) is 4.99 Å². The first kappa shape index (κ1) is 18.5. The maximum Gasteiger partial charge on any atom is 0.407 e. The molecule has 0 aliphatic heterocycles. The zero-order valence-corrected chi connectivity index (χ0v) is 16.0. The Kier molecular flexibility index (Phi) is 5.39. The van der Waals surface area contributed by atoms with Crippen LogP contribution in [0.15, 0.2) is 23.2 Å². The first-order valence-corrected chi connectivity index (χ1v) is 9.48. The molecule has 1 fully saturated rings. The summed E-state index contributed by atoms with van der Waals surface area (Å²) in [5.41, 5.74) is 9.34. The molecule has 1 unspecified atom stereocenters. The molecule has 0 saturated heterocycles. The molecule has 0 aromatic heterocycles. The highest BCUT2D eigenvalue weighted by Gasteiger charge is 2.33. The van der Waals surface area contributed by atoms with Gasteiger partial charge < -0.3 is 21.1 Å². The van der Waals surface area contributed by atoms with Crippen LogP contribution in [0.25, 0.3) is 0 Å². The average Bonchev–Trinajstić information content (AvgIpc) is 3.27. The molecule has 0 bridgehead atoms. The molecule has 1 saturated carbocycles. The summed E-state index contributed by atoms with van der Waals surface area (Å²) in [5.74, 6) is 0.832. The van der Waals surface area contributed by atoms with Gasteiger partial charge in [0.15, 0.2) is 5.96 Å². The van der Waals surface area contributed by atoms with Crippen molar-refractivity contribution in [2.24, 2.45) is 16.6 Å². The number of anilines is 1. The van der Waals surface area contributed by atoms with E-state index in [9.17, 15) is 4.79 Å². The van der Waals surface area contributed by atoms with Crippen molar-refractivity contribution in [3.63, 3.8) is 0 Å². The molecule has 1 atom stereocenters. The first-order chi connectivity index (χ1) is 12.3. The van der Waals surface area contributed by atoms with Crippen molar-refractivity contribution in [1.82, 2.24) is 5.32 Å². The summed E-state index contributed by atoms with van der Waals surface area (Å²) in [6, 6.07) is 6.33. The zero-order valence-electron chi connectivity index (χ0n) is 16.0. The van der Waals surface area contributed by atoms with Gasteiger partial charge in [-0.05, 0) is 82.1 Å². The van der Waals surface area contributed by atoms with Crippen LogP contribution in [0.4, 0.5) is 10.5 Å². The molecule has 1 aromatic carbocycles. The van der Waals surface area contributed by atoms with Gasteiger partial charge in [0.1, 0.15) is 5.60 Å². The van der Waals surface area contributed by atoms with Crippen LogP contribution in [-0.2, 0) is 17.6 Å². The number of nitrogens with zero attached hydrogens (tertiary/aromatic N) is 1. The van der Waals surface area contributed by atoms with E-state index in [4.69, 9.17) is 10.5 Å². The Morgan fingerprint density at radius 2 is 2.04 bits per heavy atom. The van der Waals surface area contributed by atoms with Crippen LogP contribution >= 0.6 is 0 Å². The number of nitrogens with two attached hydrogens (primary N) is 1. The Labute approximate surface area is 155 Å². The highest BCUT2D eigenvalue weighted by molar-refractivity contribution is 5.92. The van der Waals surface area contributed by atoms with Gasteiger partial charge in [-0.25, -0.2) is 4.79 Å². The fraction of sp³-hybridized carbons (Fsp3) is 0.600. The highest BCUT2D eigenvalue weighted by Crippen LogP contribution is 2.33. The van der Waals surface area contributed by atoms with E-state index in [1.807, 2.05) is 26.8 Å². The molecule has 0 spiro atoms. The van der Waals surface area contributed by atoms with Crippen molar-refractivity contribution >= 4 is 17.7 Å². The average molecular weight is 358 g/mol. The largest absolute Gasteiger partial charge is 0.444 e. The fourth-order valence-electron chi connectivity index (χ4n) is 3.30. The number of hydrogen-bond donors (Lipinski definition) is 3. The van der Waals surface area contributed by atoms with Crippen molar-refractivity contribution in [2.75, 3.05) is 11.9 Å². The molecule has 6 heteroatoms. The number of hydrogen-bond acceptors (Lipinski definition) is 3. The molecule has 1 aromatic rings. The summed E-state index contributed by atoms with van der Waals surface area (Å²) in [5, 5.41) is 6.10. The van der Waals surface area contributed by atoms with Crippen LogP contribution in [0.3, 0.4) is 0 Å². The summed E-state index contributed by atoms with van der Waals surface area (Å²) in [4.78, 5) is 16.5. The molecule has 0 radical (unpaired) electrons. The topological polar surface area (TPSA) is 88.7 Å². The zero-order chi connectivity index (χ0) is 18.7. The number of benzene rings is 1. The van der Waals surface area contributed by atoms with E-state index in [0.29, 0.717) is 18.4 Å². The maximum atomic E-state index is 12.0. The minimum absolute atomic E-state index is 0.0368. The summed E-state index contributed by atoms with van der Waals surface area (Å²) in [6.07, 6.45) is 5.34. The Bertz CT molecular complexity index is 690. The number of amides is 1. The van der Waals surface area contributed by atoms with E-state index in [0.717, 1.165) is 24.9 Å². The second-order valence-corrected chi connectivity index (χ2v) is 8.28. The SMILES string of the molecule is CC(C)(C)OC(=O)NC(CN=C(N)Nc1ccc2c(c1)CCC2)C1CC1. The quantitative estimate of drug-likeness (QED) is 0.557. The third-order valence-electron chi connectivity index (χ3n) is 4.72. The molecule has 26 heavy (non-hydrogen) atoms. The number of rotatable bonds is 5. The Morgan fingerprint density at radius 3 is 2.73 bits per heavy atom. The minimum Gasteiger partial charge on any atom is -0.444 e. The standard InChI is InChI=1S/C20H30N4O2/c1-20(2,3)26-19(25)24-17(14-7-8-14)12-22-18(21)23-16-10-9-13-5-4-6-15(13)11-16/h9-11,14,17H,4-8,12H2,1-3H3,(H,24,25)(H3,21,22,23). The lowest BCUT2D eigenvalue weighted by Gasteiger charge is -2.23.